The van der Waals surface area contributed by atoms with E-state index in [4.69, 9.17) is 5.73 Å². The predicted molar refractivity (Wildman–Crippen MR) is 88.4 cm³/mol. The van der Waals surface area contributed by atoms with Crippen molar-refractivity contribution >= 4 is 17.6 Å². The third kappa shape index (κ3) is 4.34. The van der Waals surface area contributed by atoms with Crippen molar-refractivity contribution in [3.63, 3.8) is 0 Å². The van der Waals surface area contributed by atoms with Gasteiger partial charge in [-0.15, -0.1) is 0 Å². The van der Waals surface area contributed by atoms with E-state index in [1.165, 1.54) is 5.56 Å². The molecule has 1 aromatic carbocycles. The van der Waals surface area contributed by atoms with Crippen molar-refractivity contribution in [1.29, 1.82) is 0 Å². The van der Waals surface area contributed by atoms with Crippen molar-refractivity contribution in [1.82, 2.24) is 9.97 Å². The molecule has 0 atom stereocenters. The molecule has 0 bridgehead atoms. The van der Waals surface area contributed by atoms with E-state index in [1.807, 2.05) is 24.3 Å². The number of benzene rings is 1. The minimum absolute atomic E-state index is 0.303. The van der Waals surface area contributed by atoms with Crippen molar-refractivity contribution in [2.45, 2.75) is 26.8 Å². The molecule has 0 saturated heterocycles. The molecule has 0 aliphatic heterocycles. The molecule has 3 N–H and O–H groups in total. The molecule has 0 radical (unpaired) electrons. The molecule has 0 aliphatic carbocycles. The van der Waals surface area contributed by atoms with Gasteiger partial charge in [-0.25, -0.2) is 0 Å². The van der Waals surface area contributed by atoms with Crippen LogP contribution in [-0.2, 0) is 6.54 Å². The molecular formula is C16H23N5. The number of nitrogens with zero attached hydrogens (tertiary/aromatic N) is 3. The van der Waals surface area contributed by atoms with Gasteiger partial charge >= 0.3 is 0 Å². The lowest BCUT2D eigenvalue weighted by atomic mass is 10.2. The predicted octanol–water partition coefficient (Wildman–Crippen LogP) is 2.91. The molecule has 0 aliphatic rings. The van der Waals surface area contributed by atoms with E-state index in [1.54, 1.807) is 0 Å². The quantitative estimate of drug-likeness (QED) is 0.818. The Hall–Kier alpha value is -2.30. The van der Waals surface area contributed by atoms with Crippen LogP contribution in [0, 0.1) is 0 Å². The summed E-state index contributed by atoms with van der Waals surface area (Å²) in [5, 5.41) is 3.26. The van der Waals surface area contributed by atoms with Crippen molar-refractivity contribution in [3.05, 3.63) is 42.0 Å². The fourth-order valence-electron chi connectivity index (χ4n) is 2.12. The first kappa shape index (κ1) is 15.1. The molecule has 5 heteroatoms. The molecule has 0 unspecified atom stereocenters. The van der Waals surface area contributed by atoms with Crippen LogP contribution in [0.5, 0.6) is 0 Å². The van der Waals surface area contributed by atoms with Crippen LogP contribution in [0.4, 0.5) is 17.6 Å². The van der Waals surface area contributed by atoms with Crippen LogP contribution >= 0.6 is 0 Å². The molecule has 112 valence electrons. The Morgan fingerprint density at radius 2 is 1.90 bits per heavy atom. The van der Waals surface area contributed by atoms with E-state index < -0.39 is 0 Å². The summed E-state index contributed by atoms with van der Waals surface area (Å²) in [5.74, 6) is 1.94. The lowest BCUT2D eigenvalue weighted by molar-refractivity contribution is 0.811. The Labute approximate surface area is 126 Å². The number of aromatic nitrogens is 2. The molecule has 21 heavy (non-hydrogen) atoms. The fraction of sp³-hybridized carbons (Fsp3) is 0.375. The first-order valence-corrected chi connectivity index (χ1v) is 7.40. The van der Waals surface area contributed by atoms with Gasteiger partial charge in [-0.1, -0.05) is 37.3 Å². The van der Waals surface area contributed by atoms with Crippen LogP contribution in [-0.4, -0.2) is 23.1 Å². The van der Waals surface area contributed by atoms with Gasteiger partial charge in [0.05, 0.1) is 0 Å². The summed E-state index contributed by atoms with van der Waals surface area (Å²) in [7, 11) is 0. The van der Waals surface area contributed by atoms with E-state index in [9.17, 15) is 0 Å². The Morgan fingerprint density at radius 1 is 1.14 bits per heavy atom. The SMILES string of the molecule is CCCNc1cc(N(CC)Cc2ccccc2)nc(N)n1. The van der Waals surface area contributed by atoms with Crippen LogP contribution in [0.15, 0.2) is 36.4 Å². The smallest absolute Gasteiger partial charge is 0.223 e. The van der Waals surface area contributed by atoms with Gasteiger partial charge < -0.3 is 16.0 Å². The zero-order valence-corrected chi connectivity index (χ0v) is 12.7. The third-order valence-electron chi connectivity index (χ3n) is 3.21. The fourth-order valence-corrected chi connectivity index (χ4v) is 2.12. The van der Waals surface area contributed by atoms with Gasteiger partial charge in [0.25, 0.3) is 0 Å². The number of anilines is 3. The number of nitrogens with one attached hydrogen (secondary N) is 1. The normalized spacial score (nSPS) is 10.4. The lowest BCUT2D eigenvalue weighted by Gasteiger charge is -2.22. The Morgan fingerprint density at radius 3 is 2.57 bits per heavy atom. The average molecular weight is 285 g/mol. The first-order valence-electron chi connectivity index (χ1n) is 7.40. The van der Waals surface area contributed by atoms with Gasteiger partial charge in [0, 0.05) is 25.7 Å². The molecule has 2 rings (SSSR count). The van der Waals surface area contributed by atoms with E-state index >= 15 is 0 Å². The van der Waals surface area contributed by atoms with E-state index in [0.29, 0.717) is 5.95 Å². The van der Waals surface area contributed by atoms with E-state index in [0.717, 1.165) is 37.7 Å². The van der Waals surface area contributed by atoms with Gasteiger partial charge in [0.2, 0.25) is 5.95 Å². The van der Waals surface area contributed by atoms with Crippen LogP contribution in [0.25, 0.3) is 0 Å². The van der Waals surface area contributed by atoms with Gasteiger partial charge in [0.1, 0.15) is 11.6 Å². The Bertz CT molecular complexity index is 556. The van der Waals surface area contributed by atoms with Crippen molar-refractivity contribution in [3.8, 4) is 0 Å². The second kappa shape index (κ2) is 7.47. The van der Waals surface area contributed by atoms with Crippen molar-refractivity contribution in [2.24, 2.45) is 0 Å². The van der Waals surface area contributed by atoms with Crippen molar-refractivity contribution in [2.75, 3.05) is 29.0 Å². The Balaban J connectivity index is 2.19. The molecule has 0 amide bonds. The van der Waals surface area contributed by atoms with Crippen LogP contribution in [0.1, 0.15) is 25.8 Å². The molecular weight excluding hydrogens is 262 g/mol. The molecule has 1 heterocycles. The van der Waals surface area contributed by atoms with Gasteiger partial charge in [-0.05, 0) is 18.9 Å². The monoisotopic (exact) mass is 285 g/mol. The lowest BCUT2D eigenvalue weighted by Crippen LogP contribution is -2.24. The van der Waals surface area contributed by atoms with Crippen LogP contribution < -0.4 is 16.0 Å². The number of nitrogens with two attached hydrogens (primary N) is 1. The van der Waals surface area contributed by atoms with Gasteiger partial charge in [-0.3, -0.25) is 0 Å². The highest BCUT2D eigenvalue weighted by molar-refractivity contribution is 5.52. The summed E-state index contributed by atoms with van der Waals surface area (Å²) < 4.78 is 0. The minimum atomic E-state index is 0.303. The highest BCUT2D eigenvalue weighted by atomic mass is 15.2. The highest BCUT2D eigenvalue weighted by Gasteiger charge is 2.10. The van der Waals surface area contributed by atoms with Crippen molar-refractivity contribution < 1.29 is 0 Å². The Kier molecular flexibility index (Phi) is 5.37. The molecule has 5 nitrogen and oxygen atoms in total. The molecule has 2 aromatic rings. The first-order chi connectivity index (χ1) is 10.2. The zero-order valence-electron chi connectivity index (χ0n) is 12.7. The summed E-state index contributed by atoms with van der Waals surface area (Å²) in [6, 6.07) is 12.3. The standard InChI is InChI=1S/C16H23N5/c1-3-10-18-14-11-15(20-16(17)19-14)21(4-2)12-13-8-6-5-7-9-13/h5-9,11H,3-4,10,12H2,1-2H3,(H3,17,18,19,20). The largest absolute Gasteiger partial charge is 0.370 e. The topological polar surface area (TPSA) is 67.1 Å². The van der Waals surface area contributed by atoms with Crippen LogP contribution in [0.2, 0.25) is 0 Å². The summed E-state index contributed by atoms with van der Waals surface area (Å²) in [6.07, 6.45) is 1.04. The third-order valence-corrected chi connectivity index (χ3v) is 3.21. The maximum absolute atomic E-state index is 5.83. The maximum atomic E-state index is 5.83. The number of hydrogen-bond donors (Lipinski definition) is 2. The maximum Gasteiger partial charge on any atom is 0.223 e. The second-order valence-electron chi connectivity index (χ2n) is 4.90. The molecule has 1 aromatic heterocycles. The van der Waals surface area contributed by atoms with E-state index in [2.05, 4.69) is 46.2 Å². The molecule has 0 saturated carbocycles. The van der Waals surface area contributed by atoms with E-state index in [-0.39, 0.29) is 0 Å². The summed E-state index contributed by atoms with van der Waals surface area (Å²) in [6.45, 7) is 6.77. The minimum Gasteiger partial charge on any atom is -0.370 e. The average Bonchev–Trinajstić information content (AvgIpc) is 2.51. The second-order valence-corrected chi connectivity index (χ2v) is 4.90. The number of hydrogen-bond acceptors (Lipinski definition) is 5. The van der Waals surface area contributed by atoms with Gasteiger partial charge in [-0.2, -0.15) is 9.97 Å². The van der Waals surface area contributed by atoms with Gasteiger partial charge in [0.15, 0.2) is 0 Å². The summed E-state index contributed by atoms with van der Waals surface area (Å²) in [4.78, 5) is 10.8. The van der Waals surface area contributed by atoms with Crippen LogP contribution in [0.3, 0.4) is 0 Å². The number of nitrogen functional groups attached to an aromatic ring is 1. The highest BCUT2D eigenvalue weighted by Crippen LogP contribution is 2.19. The molecule has 0 spiro atoms. The number of rotatable bonds is 7. The summed E-state index contributed by atoms with van der Waals surface area (Å²) in [5.41, 5.74) is 7.08. The zero-order chi connectivity index (χ0) is 15.1. The molecule has 0 fully saturated rings. The summed E-state index contributed by atoms with van der Waals surface area (Å²) >= 11 is 0.